The fourth-order valence-corrected chi connectivity index (χ4v) is 4.45. The van der Waals surface area contributed by atoms with Crippen molar-refractivity contribution in [3.8, 4) is 0 Å². The summed E-state index contributed by atoms with van der Waals surface area (Å²) in [5.41, 5.74) is 3.87. The highest BCUT2D eigenvalue weighted by atomic mass is 15.0. The van der Waals surface area contributed by atoms with Crippen LogP contribution in [0.5, 0.6) is 0 Å². The molecule has 0 aliphatic heterocycles. The lowest BCUT2D eigenvalue weighted by Gasteiger charge is -2.27. The van der Waals surface area contributed by atoms with E-state index in [0.29, 0.717) is 16.9 Å². The zero-order chi connectivity index (χ0) is 15.3. The van der Waals surface area contributed by atoms with E-state index in [0.717, 1.165) is 18.4 Å². The van der Waals surface area contributed by atoms with Gasteiger partial charge in [-0.3, -0.25) is 0 Å². The minimum atomic E-state index is 0.423. The Morgan fingerprint density at radius 3 is 2.00 bits per heavy atom. The number of nitrogens with one attached hydrogen (secondary N) is 1. The van der Waals surface area contributed by atoms with Gasteiger partial charge in [0.25, 0.3) is 0 Å². The molecule has 0 amide bonds. The van der Waals surface area contributed by atoms with Gasteiger partial charge in [0.2, 0.25) is 0 Å². The molecule has 0 heterocycles. The summed E-state index contributed by atoms with van der Waals surface area (Å²) in [4.78, 5) is 0. The summed E-state index contributed by atoms with van der Waals surface area (Å²) < 4.78 is 0. The second kappa shape index (κ2) is 5.12. The summed E-state index contributed by atoms with van der Waals surface area (Å²) in [5, 5.41) is 3.75. The first-order valence-corrected chi connectivity index (χ1v) is 8.73. The zero-order valence-corrected chi connectivity index (χ0v) is 14.4. The second-order valence-corrected chi connectivity index (χ2v) is 8.25. The molecule has 2 aliphatic carbocycles. The van der Waals surface area contributed by atoms with Gasteiger partial charge < -0.3 is 5.32 Å². The fraction of sp³-hybridized carbons (Fsp3) is 0.700. The Bertz CT molecular complexity index is 479. The molecule has 116 valence electrons. The number of benzene rings is 1. The normalized spacial score (nSPS) is 25.4. The molecule has 3 rings (SSSR count). The van der Waals surface area contributed by atoms with Gasteiger partial charge in [0.15, 0.2) is 0 Å². The maximum Gasteiger partial charge on any atom is 0.0359 e. The summed E-state index contributed by atoms with van der Waals surface area (Å²) in [7, 11) is 0. The van der Waals surface area contributed by atoms with E-state index in [-0.39, 0.29) is 0 Å². The van der Waals surface area contributed by atoms with Gasteiger partial charge in [-0.25, -0.2) is 0 Å². The van der Waals surface area contributed by atoms with Crippen molar-refractivity contribution in [2.24, 2.45) is 16.7 Å². The molecule has 0 bridgehead atoms. The van der Waals surface area contributed by atoms with Crippen molar-refractivity contribution >= 4 is 0 Å². The Hall–Kier alpha value is -0.820. The molecule has 0 radical (unpaired) electrons. The van der Waals surface area contributed by atoms with Crippen LogP contribution in [0.15, 0.2) is 24.3 Å². The average molecular weight is 285 g/mol. The van der Waals surface area contributed by atoms with Crippen molar-refractivity contribution in [2.75, 3.05) is 6.54 Å². The standard InChI is InChI=1S/C20H31N/c1-6-21-17(18-19(2,3)20(18,4)5)16-12-10-15(11-13-16)14-8-7-9-14/h10-14,17-18,21H,6-9H2,1-5H3. The lowest BCUT2D eigenvalue weighted by molar-refractivity contribution is 0.413. The Morgan fingerprint density at radius 2 is 1.62 bits per heavy atom. The van der Waals surface area contributed by atoms with Crippen LogP contribution >= 0.6 is 0 Å². The van der Waals surface area contributed by atoms with Gasteiger partial charge >= 0.3 is 0 Å². The monoisotopic (exact) mass is 285 g/mol. The third-order valence-electron chi connectivity index (χ3n) is 6.76. The molecular weight excluding hydrogens is 254 g/mol. The van der Waals surface area contributed by atoms with E-state index in [9.17, 15) is 0 Å². The molecule has 1 N–H and O–H groups in total. The summed E-state index contributed by atoms with van der Waals surface area (Å²) in [6.45, 7) is 12.9. The van der Waals surface area contributed by atoms with Crippen molar-refractivity contribution < 1.29 is 0 Å². The summed E-state index contributed by atoms with van der Waals surface area (Å²) in [6, 6.07) is 10.0. The van der Waals surface area contributed by atoms with Gasteiger partial charge in [-0.15, -0.1) is 0 Å². The molecular formula is C20H31N. The molecule has 2 fully saturated rings. The average Bonchev–Trinajstić information content (AvgIpc) is 2.76. The quantitative estimate of drug-likeness (QED) is 0.775. The molecule has 0 spiro atoms. The zero-order valence-electron chi connectivity index (χ0n) is 14.4. The third-order valence-corrected chi connectivity index (χ3v) is 6.76. The van der Waals surface area contributed by atoms with E-state index >= 15 is 0 Å². The van der Waals surface area contributed by atoms with Crippen molar-refractivity contribution in [1.82, 2.24) is 5.32 Å². The van der Waals surface area contributed by atoms with E-state index in [1.807, 2.05) is 0 Å². The molecule has 1 heteroatoms. The molecule has 2 saturated carbocycles. The van der Waals surface area contributed by atoms with Crippen LogP contribution in [0.25, 0.3) is 0 Å². The highest BCUT2D eigenvalue weighted by Crippen LogP contribution is 2.72. The predicted molar refractivity (Wildman–Crippen MR) is 90.5 cm³/mol. The maximum absolute atomic E-state index is 3.75. The first kappa shape index (κ1) is 15.1. The van der Waals surface area contributed by atoms with Crippen molar-refractivity contribution in [2.45, 2.75) is 65.8 Å². The highest BCUT2D eigenvalue weighted by Gasteiger charge is 2.67. The fourth-order valence-electron chi connectivity index (χ4n) is 4.45. The van der Waals surface area contributed by atoms with Crippen LogP contribution in [0, 0.1) is 16.7 Å². The summed E-state index contributed by atoms with van der Waals surface area (Å²) in [6.07, 6.45) is 4.19. The van der Waals surface area contributed by atoms with Crippen LogP contribution in [0.2, 0.25) is 0 Å². The molecule has 1 nitrogen and oxygen atoms in total. The SMILES string of the molecule is CCNC(c1ccc(C2CCC2)cc1)C1C(C)(C)C1(C)C. The van der Waals surface area contributed by atoms with Crippen molar-refractivity contribution in [1.29, 1.82) is 0 Å². The van der Waals surface area contributed by atoms with E-state index < -0.39 is 0 Å². The Balaban J connectivity index is 1.81. The van der Waals surface area contributed by atoms with Gasteiger partial charge in [-0.1, -0.05) is 65.3 Å². The Kier molecular flexibility index (Phi) is 3.68. The molecule has 1 unspecified atom stereocenters. The van der Waals surface area contributed by atoms with Gasteiger partial charge in [0.05, 0.1) is 0 Å². The second-order valence-electron chi connectivity index (χ2n) is 8.25. The van der Waals surface area contributed by atoms with Crippen LogP contribution < -0.4 is 5.32 Å². The van der Waals surface area contributed by atoms with E-state index in [1.165, 1.54) is 24.8 Å². The summed E-state index contributed by atoms with van der Waals surface area (Å²) in [5.74, 6) is 1.56. The van der Waals surface area contributed by atoms with Crippen LogP contribution in [-0.4, -0.2) is 6.54 Å². The van der Waals surface area contributed by atoms with Gasteiger partial charge in [-0.2, -0.15) is 0 Å². The van der Waals surface area contributed by atoms with Crippen molar-refractivity contribution in [3.05, 3.63) is 35.4 Å². The Morgan fingerprint density at radius 1 is 1.05 bits per heavy atom. The van der Waals surface area contributed by atoms with E-state index in [4.69, 9.17) is 0 Å². The Labute approximate surface area is 130 Å². The minimum Gasteiger partial charge on any atom is -0.310 e. The molecule has 0 saturated heterocycles. The topological polar surface area (TPSA) is 12.0 Å². The molecule has 0 aromatic heterocycles. The first-order chi connectivity index (χ1) is 9.89. The third kappa shape index (κ3) is 2.34. The largest absolute Gasteiger partial charge is 0.310 e. The highest BCUT2D eigenvalue weighted by molar-refractivity contribution is 5.32. The van der Waals surface area contributed by atoms with Gasteiger partial charge in [0, 0.05) is 6.04 Å². The molecule has 1 aromatic rings. The lowest BCUT2D eigenvalue weighted by atomic mass is 9.79. The molecule has 2 aliphatic rings. The van der Waals surface area contributed by atoms with Crippen LogP contribution in [0.3, 0.4) is 0 Å². The predicted octanol–water partition coefficient (Wildman–Crippen LogP) is 5.29. The van der Waals surface area contributed by atoms with Gasteiger partial charge in [-0.05, 0) is 53.2 Å². The van der Waals surface area contributed by atoms with Crippen LogP contribution in [-0.2, 0) is 0 Å². The number of hydrogen-bond acceptors (Lipinski definition) is 1. The molecule has 1 atom stereocenters. The first-order valence-electron chi connectivity index (χ1n) is 8.73. The lowest BCUT2D eigenvalue weighted by Crippen LogP contribution is -2.25. The van der Waals surface area contributed by atoms with Crippen molar-refractivity contribution in [3.63, 3.8) is 0 Å². The number of hydrogen-bond donors (Lipinski definition) is 1. The number of rotatable bonds is 5. The molecule has 1 aromatic carbocycles. The minimum absolute atomic E-state index is 0.423. The van der Waals surface area contributed by atoms with Gasteiger partial charge in [0.1, 0.15) is 0 Å². The van der Waals surface area contributed by atoms with Crippen LogP contribution in [0.4, 0.5) is 0 Å². The van der Waals surface area contributed by atoms with Crippen LogP contribution in [0.1, 0.15) is 77.0 Å². The summed E-state index contributed by atoms with van der Waals surface area (Å²) >= 11 is 0. The van der Waals surface area contributed by atoms with E-state index in [1.54, 1.807) is 5.56 Å². The smallest absolute Gasteiger partial charge is 0.0359 e. The maximum atomic E-state index is 3.75. The van der Waals surface area contributed by atoms with E-state index in [2.05, 4.69) is 64.2 Å². The molecule has 21 heavy (non-hydrogen) atoms.